The quantitative estimate of drug-likeness (QED) is 0.0784. The van der Waals surface area contributed by atoms with Crippen molar-refractivity contribution in [3.63, 3.8) is 0 Å². The fourth-order valence-corrected chi connectivity index (χ4v) is 10.4. The Morgan fingerprint density at radius 1 is 0.592 bits per heavy atom. The number of hydrogen-bond donors (Lipinski definition) is 4. The number of benzene rings is 3. The van der Waals surface area contributed by atoms with E-state index in [0.717, 1.165) is 66.7 Å². The molecule has 4 amide bonds. The smallest absolute Gasteiger partial charge is 0.407 e. The zero-order valence-corrected chi connectivity index (χ0v) is 42.4. The summed E-state index contributed by atoms with van der Waals surface area (Å²) in [6.45, 7) is 11.3. The number of H-pyrrole nitrogens is 2. The van der Waals surface area contributed by atoms with Crippen molar-refractivity contribution in [3.8, 4) is 22.5 Å². The molecule has 3 saturated heterocycles. The minimum absolute atomic E-state index is 0.0175. The van der Waals surface area contributed by atoms with E-state index in [1.54, 1.807) is 23.6 Å². The van der Waals surface area contributed by atoms with Crippen molar-refractivity contribution in [1.29, 1.82) is 0 Å². The molecule has 17 heteroatoms. The maximum absolute atomic E-state index is 13.8. The molecule has 4 N–H and O–H groups in total. The zero-order chi connectivity index (χ0) is 50.6. The van der Waals surface area contributed by atoms with E-state index in [0.29, 0.717) is 24.7 Å². The minimum Gasteiger partial charge on any atom is -0.453 e. The van der Waals surface area contributed by atoms with Crippen molar-refractivity contribution >= 4 is 29.7 Å². The van der Waals surface area contributed by atoms with Crippen molar-refractivity contribution in [3.05, 3.63) is 114 Å². The van der Waals surface area contributed by atoms with Crippen LogP contribution in [0.1, 0.15) is 126 Å². The van der Waals surface area contributed by atoms with E-state index >= 15 is 0 Å². The standard InChI is InChI=1S/C54H69N9O8/c1-32(68-6)46(59-52(66)70-8)50(64)61-28-10-12-44(61)48-55-30-40(57-48)34-14-18-36(19-15-34)42-26-27-43(63(42)39-24-22-38(23-25-39)54(3,4)5)37-20-16-35(17-21-37)41-31-56-49(58-41)45-13-11-29-62(45)51(65)47(33(2)69-7)60-53(67)71-9/h14-25,30-33,42-47H,10-13,26-29H2,1-9H3,(H,55,57)(H,56,58)(H,59,66)(H,60,67)/t32-,33-,42?,43?,44-,45-,46-,47+/m0/s1. The van der Waals surface area contributed by atoms with Crippen LogP contribution in [0.5, 0.6) is 0 Å². The number of hydrogen-bond acceptors (Lipinski definition) is 11. The summed E-state index contributed by atoms with van der Waals surface area (Å²) in [5.41, 5.74) is 8.57. The Bertz CT molecular complexity index is 2470. The van der Waals surface area contributed by atoms with Gasteiger partial charge in [0.25, 0.3) is 0 Å². The summed E-state index contributed by atoms with van der Waals surface area (Å²) in [5, 5.41) is 5.31. The van der Waals surface area contributed by atoms with E-state index in [1.165, 1.54) is 45.1 Å². The van der Waals surface area contributed by atoms with Crippen LogP contribution in [0.15, 0.2) is 85.2 Å². The number of carbonyl (C=O) groups excluding carboxylic acids is 4. The molecule has 5 aromatic rings. The molecule has 17 nitrogen and oxygen atoms in total. The molecule has 5 heterocycles. The van der Waals surface area contributed by atoms with Gasteiger partial charge in [0.1, 0.15) is 23.7 Å². The minimum atomic E-state index is -0.906. The Morgan fingerprint density at radius 3 is 1.37 bits per heavy atom. The third-order valence-corrected chi connectivity index (χ3v) is 14.7. The Morgan fingerprint density at radius 2 is 1.00 bits per heavy atom. The van der Waals surface area contributed by atoms with Gasteiger partial charge in [-0.1, -0.05) is 81.4 Å². The first-order valence-electron chi connectivity index (χ1n) is 24.7. The first kappa shape index (κ1) is 50.7. The molecule has 3 aliphatic rings. The number of aromatic nitrogens is 4. The van der Waals surface area contributed by atoms with Crippen LogP contribution in [-0.2, 0) is 34.0 Å². The molecule has 2 unspecified atom stereocenters. The lowest BCUT2D eigenvalue weighted by Crippen LogP contribution is -2.54. The molecule has 3 aliphatic heterocycles. The van der Waals surface area contributed by atoms with Gasteiger partial charge in [0.2, 0.25) is 11.8 Å². The molecule has 0 radical (unpaired) electrons. The fourth-order valence-electron chi connectivity index (χ4n) is 10.4. The summed E-state index contributed by atoms with van der Waals surface area (Å²) in [5.74, 6) is 0.911. The monoisotopic (exact) mass is 972 g/mol. The molecule has 3 aromatic carbocycles. The highest BCUT2D eigenvalue weighted by Crippen LogP contribution is 2.48. The molecule has 8 rings (SSSR count). The number of carbonyl (C=O) groups is 4. The van der Waals surface area contributed by atoms with Gasteiger partial charge in [-0.15, -0.1) is 0 Å². The van der Waals surface area contributed by atoms with Crippen LogP contribution in [0.3, 0.4) is 0 Å². The molecule has 0 saturated carbocycles. The molecule has 378 valence electrons. The number of methoxy groups -OCH3 is 4. The number of alkyl carbamates (subject to hydrolysis) is 2. The van der Waals surface area contributed by atoms with Crippen LogP contribution in [-0.4, -0.2) is 120 Å². The summed E-state index contributed by atoms with van der Waals surface area (Å²) in [7, 11) is 5.56. The van der Waals surface area contributed by atoms with E-state index in [1.807, 2.05) is 12.4 Å². The molecule has 0 aliphatic carbocycles. The van der Waals surface area contributed by atoms with Gasteiger partial charge in [-0.3, -0.25) is 9.59 Å². The van der Waals surface area contributed by atoms with Crippen molar-refractivity contribution < 1.29 is 38.1 Å². The second-order valence-corrected chi connectivity index (χ2v) is 19.9. The van der Waals surface area contributed by atoms with E-state index in [2.05, 4.69) is 119 Å². The van der Waals surface area contributed by atoms with Gasteiger partial charge >= 0.3 is 12.2 Å². The van der Waals surface area contributed by atoms with Gasteiger partial charge in [0.15, 0.2) is 0 Å². The van der Waals surface area contributed by atoms with E-state index in [9.17, 15) is 19.2 Å². The van der Waals surface area contributed by atoms with Crippen LogP contribution in [0, 0.1) is 0 Å². The number of anilines is 1. The fraction of sp³-hybridized carbons (Fsp3) is 0.481. The Kier molecular flexibility index (Phi) is 15.5. The van der Waals surface area contributed by atoms with Gasteiger partial charge < -0.3 is 54.2 Å². The van der Waals surface area contributed by atoms with Gasteiger partial charge in [-0.05, 0) is 97.7 Å². The molecule has 3 fully saturated rings. The molecule has 0 spiro atoms. The summed E-state index contributed by atoms with van der Waals surface area (Å²) in [6.07, 6.45) is 6.15. The van der Waals surface area contributed by atoms with Crippen LogP contribution < -0.4 is 15.5 Å². The Balaban J connectivity index is 1.00. The SMILES string of the molecule is COC(=O)N[C@H](C(=O)N1CCC[C@H]1c1ncc(-c2ccc(C3CCC(c4ccc(-c5cnc([C@@H]6CCCN6C(=O)[C@H](NC(=O)OC)[C@H](C)OC)[nH]5)cc4)N3c3ccc(C(C)(C)C)cc3)cc2)[nH]1)[C@H](C)OC. The number of imidazole rings is 2. The molecule has 71 heavy (non-hydrogen) atoms. The predicted octanol–water partition coefficient (Wildman–Crippen LogP) is 8.69. The largest absolute Gasteiger partial charge is 0.453 e. The van der Waals surface area contributed by atoms with Crippen molar-refractivity contribution in [2.24, 2.45) is 0 Å². The van der Waals surface area contributed by atoms with Gasteiger partial charge in [-0.2, -0.15) is 0 Å². The summed E-state index contributed by atoms with van der Waals surface area (Å²) < 4.78 is 20.5. The third kappa shape index (κ3) is 10.8. The van der Waals surface area contributed by atoms with Gasteiger partial charge in [-0.25, -0.2) is 19.6 Å². The highest BCUT2D eigenvalue weighted by molar-refractivity contribution is 5.87. The number of nitrogens with one attached hydrogen (secondary N) is 4. The second kappa shape index (κ2) is 21.7. The average molecular weight is 972 g/mol. The van der Waals surface area contributed by atoms with Crippen LogP contribution in [0.2, 0.25) is 0 Å². The number of likely N-dealkylation sites (tertiary alicyclic amines) is 2. The molecule has 0 bridgehead atoms. The normalized spacial score (nSPS) is 20.9. The number of aromatic amines is 2. The lowest BCUT2D eigenvalue weighted by molar-refractivity contribution is -0.138. The first-order chi connectivity index (χ1) is 34.1. The van der Waals surface area contributed by atoms with E-state index < -0.39 is 36.5 Å². The highest BCUT2D eigenvalue weighted by atomic mass is 16.5. The predicted molar refractivity (Wildman–Crippen MR) is 269 cm³/mol. The molecular weight excluding hydrogens is 903 g/mol. The lowest BCUT2D eigenvalue weighted by Gasteiger charge is -2.34. The number of ether oxygens (including phenoxy) is 4. The number of amides is 4. The number of rotatable bonds is 15. The molecular formula is C54H69N9O8. The summed E-state index contributed by atoms with van der Waals surface area (Å²) >= 11 is 0. The maximum Gasteiger partial charge on any atom is 0.407 e. The summed E-state index contributed by atoms with van der Waals surface area (Å²) in [6, 6.07) is 24.3. The highest BCUT2D eigenvalue weighted by Gasteiger charge is 2.41. The van der Waals surface area contributed by atoms with Crippen LogP contribution in [0.25, 0.3) is 22.5 Å². The van der Waals surface area contributed by atoms with E-state index in [-0.39, 0.29) is 41.4 Å². The first-order valence-corrected chi connectivity index (χ1v) is 24.7. The third-order valence-electron chi connectivity index (χ3n) is 14.7. The second-order valence-electron chi connectivity index (χ2n) is 19.9. The van der Waals surface area contributed by atoms with Crippen LogP contribution in [0.4, 0.5) is 15.3 Å². The van der Waals surface area contributed by atoms with Crippen molar-refractivity contribution in [2.45, 2.75) is 127 Å². The molecule has 2 aromatic heterocycles. The zero-order valence-electron chi connectivity index (χ0n) is 42.4. The average Bonchev–Trinajstić information content (AvgIpc) is 4.26. The Hall–Kier alpha value is -6.72. The molecule has 8 atom stereocenters. The van der Waals surface area contributed by atoms with Gasteiger partial charge in [0, 0.05) is 33.0 Å². The Labute approximate surface area is 416 Å². The van der Waals surface area contributed by atoms with Crippen molar-refractivity contribution in [2.75, 3.05) is 46.4 Å². The van der Waals surface area contributed by atoms with Gasteiger partial charge in [0.05, 0.1) is 74.4 Å². The topological polar surface area (TPSA) is 196 Å². The van der Waals surface area contributed by atoms with Crippen LogP contribution >= 0.6 is 0 Å². The number of nitrogens with zero attached hydrogens (tertiary/aromatic N) is 5. The van der Waals surface area contributed by atoms with Crippen molar-refractivity contribution in [1.82, 2.24) is 40.4 Å². The lowest BCUT2D eigenvalue weighted by atomic mass is 9.87. The van der Waals surface area contributed by atoms with E-state index in [4.69, 9.17) is 28.9 Å². The maximum atomic E-state index is 13.8. The summed E-state index contributed by atoms with van der Waals surface area (Å²) in [4.78, 5) is 74.7.